The van der Waals surface area contributed by atoms with Gasteiger partial charge in [-0.2, -0.15) is 0 Å². The molecule has 3 saturated carbocycles. The Labute approximate surface area is 94.8 Å². The molecule has 3 aliphatic carbocycles. The third-order valence-electron chi connectivity index (χ3n) is 5.74. The van der Waals surface area contributed by atoms with Crippen LogP contribution in [0, 0.1) is 29.6 Å². The molecule has 5 atom stereocenters. The molecule has 15 heavy (non-hydrogen) atoms. The molecule has 0 heterocycles. The lowest BCUT2D eigenvalue weighted by molar-refractivity contribution is 0.0130. The highest BCUT2D eigenvalue weighted by Crippen LogP contribution is 2.52. The van der Waals surface area contributed by atoms with E-state index in [1.807, 2.05) is 0 Å². The summed E-state index contributed by atoms with van der Waals surface area (Å²) < 4.78 is 0. The molecule has 0 N–H and O–H groups in total. The van der Waals surface area contributed by atoms with Crippen LogP contribution in [0.3, 0.4) is 0 Å². The molecular weight excluding hydrogens is 180 g/mol. The van der Waals surface area contributed by atoms with E-state index in [9.17, 15) is 0 Å². The molecule has 0 aromatic heterocycles. The molecule has 4 unspecified atom stereocenters. The van der Waals surface area contributed by atoms with Gasteiger partial charge in [-0.05, 0) is 61.7 Å². The Morgan fingerprint density at radius 1 is 0.667 bits per heavy atom. The van der Waals surface area contributed by atoms with E-state index in [0.717, 1.165) is 29.6 Å². The molecule has 3 rings (SSSR count). The summed E-state index contributed by atoms with van der Waals surface area (Å²) in [5, 5.41) is 0. The molecule has 0 saturated heterocycles. The van der Waals surface area contributed by atoms with E-state index in [1.54, 1.807) is 44.9 Å². The van der Waals surface area contributed by atoms with Crippen molar-refractivity contribution in [1.29, 1.82) is 0 Å². The Hall–Kier alpha value is 0. The molecule has 0 radical (unpaired) electrons. The second-order valence-corrected chi connectivity index (χ2v) is 6.63. The SMILES string of the molecule is C[C@@H]1CCC2CCC3CCCCC3C2C1. The zero-order valence-corrected chi connectivity index (χ0v) is 10.3. The van der Waals surface area contributed by atoms with Gasteiger partial charge in [0, 0.05) is 0 Å². The lowest BCUT2D eigenvalue weighted by Crippen LogP contribution is -2.39. The van der Waals surface area contributed by atoms with Crippen LogP contribution < -0.4 is 0 Å². The van der Waals surface area contributed by atoms with Gasteiger partial charge in [0.2, 0.25) is 0 Å². The van der Waals surface area contributed by atoms with Gasteiger partial charge in [-0.25, -0.2) is 0 Å². The van der Waals surface area contributed by atoms with E-state index in [4.69, 9.17) is 0 Å². The molecule has 0 aliphatic heterocycles. The predicted molar refractivity (Wildman–Crippen MR) is 64.7 cm³/mol. The zero-order chi connectivity index (χ0) is 10.3. The average molecular weight is 206 g/mol. The smallest absolute Gasteiger partial charge is 0.0352 e. The van der Waals surface area contributed by atoms with Crippen LogP contribution in [-0.2, 0) is 0 Å². The first-order valence-electron chi connectivity index (χ1n) is 7.34. The second kappa shape index (κ2) is 4.11. The van der Waals surface area contributed by atoms with Crippen LogP contribution in [0.1, 0.15) is 64.7 Å². The second-order valence-electron chi connectivity index (χ2n) is 6.63. The van der Waals surface area contributed by atoms with Crippen molar-refractivity contribution in [3.63, 3.8) is 0 Å². The van der Waals surface area contributed by atoms with E-state index < -0.39 is 0 Å². The maximum atomic E-state index is 2.49. The summed E-state index contributed by atoms with van der Waals surface area (Å²) in [6.07, 6.45) is 14.1. The minimum Gasteiger partial charge on any atom is -0.0625 e. The molecule has 86 valence electrons. The normalized spacial score (nSPS) is 50.6. The number of hydrogen-bond acceptors (Lipinski definition) is 0. The predicted octanol–water partition coefficient (Wildman–Crippen LogP) is 4.64. The van der Waals surface area contributed by atoms with Gasteiger partial charge in [-0.15, -0.1) is 0 Å². The van der Waals surface area contributed by atoms with E-state index in [2.05, 4.69) is 6.92 Å². The molecule has 0 aromatic carbocycles. The van der Waals surface area contributed by atoms with Gasteiger partial charge < -0.3 is 0 Å². The first kappa shape index (κ1) is 10.2. The van der Waals surface area contributed by atoms with E-state index in [0.29, 0.717) is 0 Å². The molecule has 0 spiro atoms. The molecule has 0 nitrogen and oxygen atoms in total. The molecule has 0 heteroatoms. The van der Waals surface area contributed by atoms with Crippen LogP contribution in [0.4, 0.5) is 0 Å². The Morgan fingerprint density at radius 3 is 2.20 bits per heavy atom. The fourth-order valence-corrected chi connectivity index (χ4v) is 4.96. The molecule has 3 aliphatic rings. The molecule has 0 bridgehead atoms. The van der Waals surface area contributed by atoms with Crippen LogP contribution in [0.25, 0.3) is 0 Å². The largest absolute Gasteiger partial charge is 0.0625 e. The van der Waals surface area contributed by atoms with Gasteiger partial charge in [-0.1, -0.05) is 32.6 Å². The van der Waals surface area contributed by atoms with Crippen molar-refractivity contribution in [3.8, 4) is 0 Å². The molecule has 0 amide bonds. The van der Waals surface area contributed by atoms with Crippen LogP contribution in [0.2, 0.25) is 0 Å². The summed E-state index contributed by atoms with van der Waals surface area (Å²) >= 11 is 0. The van der Waals surface area contributed by atoms with Crippen molar-refractivity contribution < 1.29 is 0 Å². The van der Waals surface area contributed by atoms with Crippen molar-refractivity contribution in [2.24, 2.45) is 29.6 Å². The summed E-state index contributed by atoms with van der Waals surface area (Å²) in [5.41, 5.74) is 0. The first-order chi connectivity index (χ1) is 7.34. The highest BCUT2D eigenvalue weighted by Gasteiger charge is 2.42. The maximum absolute atomic E-state index is 2.49. The monoisotopic (exact) mass is 206 g/mol. The minimum atomic E-state index is 1.03. The van der Waals surface area contributed by atoms with Crippen LogP contribution >= 0.6 is 0 Å². The third-order valence-corrected chi connectivity index (χ3v) is 5.74. The number of rotatable bonds is 0. The van der Waals surface area contributed by atoms with E-state index in [-0.39, 0.29) is 0 Å². The van der Waals surface area contributed by atoms with Gasteiger partial charge >= 0.3 is 0 Å². The lowest BCUT2D eigenvalue weighted by atomic mass is 9.56. The fraction of sp³-hybridized carbons (Fsp3) is 1.00. The quantitative estimate of drug-likeness (QED) is 0.541. The topological polar surface area (TPSA) is 0 Å². The zero-order valence-electron chi connectivity index (χ0n) is 10.3. The summed E-state index contributed by atoms with van der Waals surface area (Å²) in [6, 6.07) is 0. The van der Waals surface area contributed by atoms with Crippen molar-refractivity contribution in [2.75, 3.05) is 0 Å². The van der Waals surface area contributed by atoms with E-state index in [1.165, 1.54) is 12.8 Å². The summed E-state index contributed by atoms with van der Waals surface area (Å²) in [7, 11) is 0. The van der Waals surface area contributed by atoms with Crippen molar-refractivity contribution in [2.45, 2.75) is 64.7 Å². The molecular formula is C15H26. The Balaban J connectivity index is 1.74. The summed E-state index contributed by atoms with van der Waals surface area (Å²) in [6.45, 7) is 2.49. The Bertz CT molecular complexity index is 220. The Kier molecular flexibility index (Phi) is 2.79. The average Bonchev–Trinajstić information content (AvgIpc) is 2.29. The van der Waals surface area contributed by atoms with Gasteiger partial charge in [0.1, 0.15) is 0 Å². The first-order valence-corrected chi connectivity index (χ1v) is 7.34. The summed E-state index contributed by atoms with van der Waals surface area (Å²) in [4.78, 5) is 0. The minimum absolute atomic E-state index is 1.03. The van der Waals surface area contributed by atoms with Crippen molar-refractivity contribution >= 4 is 0 Å². The number of fused-ring (bicyclic) bond motifs is 3. The highest BCUT2D eigenvalue weighted by atomic mass is 14.5. The van der Waals surface area contributed by atoms with Crippen molar-refractivity contribution in [1.82, 2.24) is 0 Å². The van der Waals surface area contributed by atoms with Crippen LogP contribution in [-0.4, -0.2) is 0 Å². The molecule has 3 fully saturated rings. The fourth-order valence-electron chi connectivity index (χ4n) is 4.96. The van der Waals surface area contributed by atoms with E-state index >= 15 is 0 Å². The van der Waals surface area contributed by atoms with Gasteiger partial charge in [-0.3, -0.25) is 0 Å². The standard InChI is InChI=1S/C15H26/c1-11-6-7-13-9-8-12-4-2-3-5-14(12)15(13)10-11/h11-15H,2-10H2,1H3/t11-,12?,13?,14?,15?/m1/s1. The maximum Gasteiger partial charge on any atom is -0.0352 e. The van der Waals surface area contributed by atoms with Gasteiger partial charge in [0.05, 0.1) is 0 Å². The van der Waals surface area contributed by atoms with Crippen molar-refractivity contribution in [3.05, 3.63) is 0 Å². The van der Waals surface area contributed by atoms with Gasteiger partial charge in [0.15, 0.2) is 0 Å². The van der Waals surface area contributed by atoms with Crippen LogP contribution in [0.15, 0.2) is 0 Å². The van der Waals surface area contributed by atoms with Gasteiger partial charge in [0.25, 0.3) is 0 Å². The van der Waals surface area contributed by atoms with Crippen LogP contribution in [0.5, 0.6) is 0 Å². The highest BCUT2D eigenvalue weighted by molar-refractivity contribution is 4.92. The molecule has 0 aromatic rings. The number of hydrogen-bond donors (Lipinski definition) is 0. The third kappa shape index (κ3) is 1.85. The Morgan fingerprint density at radius 2 is 1.33 bits per heavy atom. The summed E-state index contributed by atoms with van der Waals surface area (Å²) in [5.74, 6) is 5.62. The lowest BCUT2D eigenvalue weighted by Gasteiger charge is -2.49.